The highest BCUT2D eigenvalue weighted by molar-refractivity contribution is 6.31. The van der Waals surface area contributed by atoms with E-state index in [4.69, 9.17) is 16.3 Å². The van der Waals surface area contributed by atoms with E-state index in [1.54, 1.807) is 6.20 Å². The van der Waals surface area contributed by atoms with Crippen LogP contribution in [0.3, 0.4) is 0 Å². The molecule has 1 aliphatic rings. The normalized spacial score (nSPS) is 19.8. The van der Waals surface area contributed by atoms with Crippen LogP contribution in [0.4, 0.5) is 0 Å². The van der Waals surface area contributed by atoms with Crippen LogP contribution in [0, 0.1) is 0 Å². The van der Waals surface area contributed by atoms with Crippen molar-refractivity contribution in [2.45, 2.75) is 31.8 Å². The maximum Gasteiger partial charge on any atom is 0.213 e. The van der Waals surface area contributed by atoms with Gasteiger partial charge in [-0.1, -0.05) is 11.6 Å². The molecule has 1 aliphatic heterocycles. The predicted molar refractivity (Wildman–Crippen MR) is 77.8 cm³/mol. The van der Waals surface area contributed by atoms with Crippen molar-refractivity contribution in [3.8, 4) is 5.88 Å². The Hall–Kier alpha value is -0.840. The van der Waals surface area contributed by atoms with Gasteiger partial charge in [0.05, 0.1) is 11.6 Å². The highest BCUT2D eigenvalue weighted by Crippen LogP contribution is 2.21. The van der Waals surface area contributed by atoms with Gasteiger partial charge in [-0.2, -0.15) is 0 Å². The van der Waals surface area contributed by atoms with Gasteiger partial charge in [0, 0.05) is 24.8 Å². The van der Waals surface area contributed by atoms with Crippen LogP contribution in [0.1, 0.15) is 24.8 Å². The quantitative estimate of drug-likeness (QED) is 0.869. The van der Waals surface area contributed by atoms with Crippen molar-refractivity contribution >= 4 is 11.6 Å². The molecule has 5 heteroatoms. The van der Waals surface area contributed by atoms with E-state index in [1.807, 2.05) is 13.1 Å². The molecule has 1 unspecified atom stereocenters. The van der Waals surface area contributed by atoms with Gasteiger partial charge < -0.3 is 15.0 Å². The summed E-state index contributed by atoms with van der Waals surface area (Å²) in [6.45, 7) is 2.64. The number of likely N-dealkylation sites (tertiary alicyclic amines) is 1. The molecular weight excluding hydrogens is 262 g/mol. The van der Waals surface area contributed by atoms with Crippen molar-refractivity contribution in [2.24, 2.45) is 0 Å². The minimum absolute atomic E-state index is 0.657. The minimum atomic E-state index is 0.657. The molecule has 1 atom stereocenters. The molecule has 1 aromatic heterocycles. The van der Waals surface area contributed by atoms with Gasteiger partial charge in [-0.25, -0.2) is 4.98 Å². The number of hydrogen-bond acceptors (Lipinski definition) is 4. The Morgan fingerprint density at radius 1 is 1.58 bits per heavy atom. The zero-order chi connectivity index (χ0) is 13.7. The number of aromatic nitrogens is 1. The van der Waals surface area contributed by atoms with Crippen molar-refractivity contribution in [1.82, 2.24) is 15.2 Å². The molecule has 0 bridgehead atoms. The molecule has 0 saturated carbocycles. The van der Waals surface area contributed by atoms with E-state index in [0.717, 1.165) is 18.5 Å². The van der Waals surface area contributed by atoms with Crippen LogP contribution >= 0.6 is 11.6 Å². The first-order valence-electron chi connectivity index (χ1n) is 6.82. The summed E-state index contributed by atoms with van der Waals surface area (Å²) in [5.74, 6) is 0.662. The van der Waals surface area contributed by atoms with E-state index in [-0.39, 0.29) is 0 Å². The molecule has 0 radical (unpaired) electrons. The molecule has 1 saturated heterocycles. The maximum absolute atomic E-state index is 6.07. The zero-order valence-electron chi connectivity index (χ0n) is 11.7. The predicted octanol–water partition coefficient (Wildman–Crippen LogP) is 2.32. The standard InChI is InChI=1S/C14H22ClN3O/c1-16-9-11-8-14(17-10-13(11)15)19-7-5-12-4-3-6-18(12)2/h8,10,12,16H,3-7,9H2,1-2H3. The highest BCUT2D eigenvalue weighted by Gasteiger charge is 2.20. The fourth-order valence-corrected chi connectivity index (χ4v) is 2.68. The largest absolute Gasteiger partial charge is 0.478 e. The molecule has 2 heterocycles. The average Bonchev–Trinajstić information content (AvgIpc) is 2.79. The molecule has 19 heavy (non-hydrogen) atoms. The second kappa shape index (κ2) is 7.08. The molecule has 0 aromatic carbocycles. The van der Waals surface area contributed by atoms with Crippen LogP contribution in [0.5, 0.6) is 5.88 Å². The van der Waals surface area contributed by atoms with Gasteiger partial charge >= 0.3 is 0 Å². The van der Waals surface area contributed by atoms with Crippen molar-refractivity contribution in [3.05, 3.63) is 22.8 Å². The number of halogens is 1. The zero-order valence-corrected chi connectivity index (χ0v) is 12.4. The SMILES string of the molecule is CNCc1cc(OCCC2CCCN2C)ncc1Cl. The van der Waals surface area contributed by atoms with Gasteiger partial charge in [0.25, 0.3) is 0 Å². The second-order valence-electron chi connectivity index (χ2n) is 5.06. The lowest BCUT2D eigenvalue weighted by atomic mass is 10.1. The summed E-state index contributed by atoms with van der Waals surface area (Å²) in [6.07, 6.45) is 5.29. The summed E-state index contributed by atoms with van der Waals surface area (Å²) in [5, 5.41) is 3.76. The summed E-state index contributed by atoms with van der Waals surface area (Å²) in [5.41, 5.74) is 1.02. The highest BCUT2D eigenvalue weighted by atomic mass is 35.5. The first-order valence-corrected chi connectivity index (χ1v) is 7.20. The summed E-state index contributed by atoms with van der Waals surface area (Å²) in [6, 6.07) is 2.57. The smallest absolute Gasteiger partial charge is 0.213 e. The average molecular weight is 284 g/mol. The molecule has 0 spiro atoms. The topological polar surface area (TPSA) is 37.4 Å². The number of nitrogens with one attached hydrogen (secondary N) is 1. The van der Waals surface area contributed by atoms with Crippen LogP contribution in [-0.4, -0.2) is 43.2 Å². The monoisotopic (exact) mass is 283 g/mol. The molecule has 1 aromatic rings. The van der Waals surface area contributed by atoms with Crippen molar-refractivity contribution < 1.29 is 4.74 Å². The molecular formula is C14H22ClN3O. The third-order valence-electron chi connectivity index (χ3n) is 3.65. The lowest BCUT2D eigenvalue weighted by Crippen LogP contribution is -2.26. The van der Waals surface area contributed by atoms with E-state index in [2.05, 4.69) is 22.2 Å². The van der Waals surface area contributed by atoms with E-state index in [0.29, 0.717) is 23.6 Å². The lowest BCUT2D eigenvalue weighted by molar-refractivity contribution is 0.228. The number of rotatable bonds is 6. The number of ether oxygens (including phenoxy) is 1. The van der Waals surface area contributed by atoms with Crippen molar-refractivity contribution in [1.29, 1.82) is 0 Å². The third kappa shape index (κ3) is 4.06. The summed E-state index contributed by atoms with van der Waals surface area (Å²) < 4.78 is 5.73. The summed E-state index contributed by atoms with van der Waals surface area (Å²) in [7, 11) is 4.08. The van der Waals surface area contributed by atoms with E-state index in [1.165, 1.54) is 19.4 Å². The van der Waals surface area contributed by atoms with E-state index < -0.39 is 0 Å². The summed E-state index contributed by atoms with van der Waals surface area (Å²) in [4.78, 5) is 6.62. The van der Waals surface area contributed by atoms with E-state index in [9.17, 15) is 0 Å². The Balaban J connectivity index is 1.83. The van der Waals surface area contributed by atoms with Crippen molar-refractivity contribution in [2.75, 3.05) is 27.2 Å². The van der Waals surface area contributed by atoms with Gasteiger partial charge in [-0.15, -0.1) is 0 Å². The molecule has 0 amide bonds. The minimum Gasteiger partial charge on any atom is -0.478 e. The third-order valence-corrected chi connectivity index (χ3v) is 3.99. The van der Waals surface area contributed by atoms with Gasteiger partial charge in [-0.05, 0) is 45.5 Å². The fourth-order valence-electron chi connectivity index (χ4n) is 2.51. The second-order valence-corrected chi connectivity index (χ2v) is 5.47. The fraction of sp³-hybridized carbons (Fsp3) is 0.643. The van der Waals surface area contributed by atoms with Crippen molar-refractivity contribution in [3.63, 3.8) is 0 Å². The lowest BCUT2D eigenvalue weighted by Gasteiger charge is -2.19. The van der Waals surface area contributed by atoms with Crippen LogP contribution in [0.2, 0.25) is 5.02 Å². The van der Waals surface area contributed by atoms with E-state index >= 15 is 0 Å². The first kappa shape index (κ1) is 14.6. The van der Waals surface area contributed by atoms with Gasteiger partial charge in [0.2, 0.25) is 5.88 Å². The molecule has 1 N–H and O–H groups in total. The Kier molecular flexibility index (Phi) is 5.43. The van der Waals surface area contributed by atoms with Crippen LogP contribution in [0.15, 0.2) is 12.3 Å². The van der Waals surface area contributed by atoms with Crippen LogP contribution < -0.4 is 10.1 Å². The van der Waals surface area contributed by atoms with Gasteiger partial charge in [0.1, 0.15) is 0 Å². The van der Waals surface area contributed by atoms with Gasteiger partial charge in [0.15, 0.2) is 0 Å². The Morgan fingerprint density at radius 2 is 2.42 bits per heavy atom. The molecule has 2 rings (SSSR count). The molecule has 0 aliphatic carbocycles. The van der Waals surface area contributed by atoms with Crippen LogP contribution in [0.25, 0.3) is 0 Å². The molecule has 106 valence electrons. The molecule has 4 nitrogen and oxygen atoms in total. The Morgan fingerprint density at radius 3 is 3.11 bits per heavy atom. The number of nitrogens with zero attached hydrogens (tertiary/aromatic N) is 2. The Bertz CT molecular complexity index is 414. The first-order chi connectivity index (χ1) is 9.20. The summed E-state index contributed by atoms with van der Waals surface area (Å²) >= 11 is 6.07. The maximum atomic E-state index is 6.07. The number of hydrogen-bond donors (Lipinski definition) is 1. The van der Waals surface area contributed by atoms with Gasteiger partial charge in [-0.3, -0.25) is 0 Å². The van der Waals surface area contributed by atoms with Crippen LogP contribution in [-0.2, 0) is 6.54 Å². The molecule has 1 fully saturated rings. The number of pyridine rings is 1. The Labute approximate surface area is 120 Å².